The van der Waals surface area contributed by atoms with E-state index in [4.69, 9.17) is 9.97 Å². The first-order valence-corrected chi connectivity index (χ1v) is 14.4. The molecule has 1 aliphatic rings. The van der Waals surface area contributed by atoms with Gasteiger partial charge >= 0.3 is 5.97 Å². The van der Waals surface area contributed by atoms with Crippen molar-refractivity contribution >= 4 is 51.0 Å². The van der Waals surface area contributed by atoms with Crippen LogP contribution in [0.15, 0.2) is 48.0 Å². The van der Waals surface area contributed by atoms with E-state index in [0.29, 0.717) is 26.2 Å². The number of hydrogen-bond acceptors (Lipinski definition) is 9. The van der Waals surface area contributed by atoms with Gasteiger partial charge in [0.25, 0.3) is 0 Å². The van der Waals surface area contributed by atoms with Gasteiger partial charge in [-0.2, -0.15) is 0 Å². The lowest BCUT2D eigenvalue weighted by atomic mass is 10.2. The number of ether oxygens (including phenoxy) is 1. The van der Waals surface area contributed by atoms with Gasteiger partial charge in [-0.1, -0.05) is 6.92 Å². The van der Waals surface area contributed by atoms with Crippen molar-refractivity contribution < 1.29 is 18.5 Å². The third-order valence-electron chi connectivity index (χ3n) is 6.58. The van der Waals surface area contributed by atoms with Gasteiger partial charge in [-0.15, -0.1) is 15.6 Å². The summed E-state index contributed by atoms with van der Waals surface area (Å²) in [5, 5.41) is 2.79. The third-order valence-corrected chi connectivity index (χ3v) is 8.92. The number of pyridine rings is 1. The van der Waals surface area contributed by atoms with E-state index < -0.39 is 17.3 Å². The number of aryl methyl sites for hydroxylation is 1. The number of nitrogens with zero attached hydrogens (tertiary/aromatic N) is 6. The lowest BCUT2D eigenvalue weighted by molar-refractivity contribution is -0.137. The van der Waals surface area contributed by atoms with Gasteiger partial charge < -0.3 is 19.1 Å². The van der Waals surface area contributed by atoms with Gasteiger partial charge in [0.05, 0.1) is 48.6 Å². The summed E-state index contributed by atoms with van der Waals surface area (Å²) in [6.45, 7) is 4.63. The van der Waals surface area contributed by atoms with E-state index in [1.807, 2.05) is 27.7 Å². The van der Waals surface area contributed by atoms with Crippen LogP contribution in [0.25, 0.3) is 16.9 Å². The number of hydrogen-bond donors (Lipinski definition) is 0. The molecule has 1 aliphatic heterocycles. The van der Waals surface area contributed by atoms with Crippen LogP contribution in [0.4, 0.5) is 21.0 Å². The fraction of sp³-hybridized carbons (Fsp3) is 0.346. The van der Waals surface area contributed by atoms with Crippen LogP contribution in [-0.4, -0.2) is 75.3 Å². The number of esters is 1. The molecule has 38 heavy (non-hydrogen) atoms. The highest BCUT2D eigenvalue weighted by Crippen LogP contribution is 2.34. The zero-order valence-electron chi connectivity index (χ0n) is 21.5. The molecule has 1 saturated heterocycles. The smallest absolute Gasteiger partial charge is 0.358 e. The number of benzene rings is 1. The van der Waals surface area contributed by atoms with Crippen LogP contribution < -0.4 is 9.80 Å². The SMILES string of the molecule is CCc1nc2ccc(N3CCN([S+]([O-])CC(=O)OC)CC3)cn2c1N(C)c1nc(-c2ccc(F)cc2)cs1. The van der Waals surface area contributed by atoms with Crippen molar-refractivity contribution in [3.8, 4) is 11.3 Å². The third kappa shape index (κ3) is 5.35. The highest BCUT2D eigenvalue weighted by molar-refractivity contribution is 7.89. The molecule has 0 saturated carbocycles. The summed E-state index contributed by atoms with van der Waals surface area (Å²) in [5.74, 6) is 0.0882. The molecule has 1 atom stereocenters. The molecule has 1 unspecified atom stereocenters. The number of thiazole rings is 1. The monoisotopic (exact) mass is 556 g/mol. The molecular weight excluding hydrogens is 527 g/mol. The van der Waals surface area contributed by atoms with E-state index in [1.54, 1.807) is 12.1 Å². The number of carbonyl (C=O) groups is 1. The first kappa shape index (κ1) is 26.4. The fourth-order valence-electron chi connectivity index (χ4n) is 4.51. The lowest BCUT2D eigenvalue weighted by Gasteiger charge is -2.35. The molecule has 4 heterocycles. The summed E-state index contributed by atoms with van der Waals surface area (Å²) < 4.78 is 34.4. The number of piperazine rings is 1. The molecule has 0 aliphatic carbocycles. The van der Waals surface area contributed by atoms with Gasteiger partial charge in [-0.05, 0) is 42.8 Å². The van der Waals surface area contributed by atoms with Gasteiger partial charge in [0.15, 0.2) is 5.13 Å². The maximum atomic E-state index is 13.4. The summed E-state index contributed by atoms with van der Waals surface area (Å²) in [6, 6.07) is 10.4. The normalized spacial score (nSPS) is 15.1. The van der Waals surface area contributed by atoms with E-state index in [2.05, 4.69) is 33.2 Å². The Balaban J connectivity index is 1.38. The lowest BCUT2D eigenvalue weighted by Crippen LogP contribution is -2.50. The zero-order chi connectivity index (χ0) is 26.8. The molecule has 0 N–H and O–H groups in total. The molecule has 200 valence electrons. The Morgan fingerprint density at radius 3 is 2.58 bits per heavy atom. The van der Waals surface area contributed by atoms with E-state index >= 15 is 0 Å². The molecule has 0 radical (unpaired) electrons. The Labute approximate surface area is 227 Å². The first-order valence-electron chi connectivity index (χ1n) is 12.3. The second-order valence-electron chi connectivity index (χ2n) is 8.89. The van der Waals surface area contributed by atoms with Crippen molar-refractivity contribution in [1.29, 1.82) is 0 Å². The molecule has 0 bridgehead atoms. The molecule has 9 nitrogen and oxygen atoms in total. The minimum absolute atomic E-state index is 0.118. The van der Waals surface area contributed by atoms with Crippen LogP contribution in [0, 0.1) is 5.82 Å². The number of anilines is 3. The molecule has 1 fully saturated rings. The Morgan fingerprint density at radius 1 is 1.16 bits per heavy atom. The number of halogens is 1. The van der Waals surface area contributed by atoms with E-state index in [-0.39, 0.29) is 11.6 Å². The quantitative estimate of drug-likeness (QED) is 0.239. The Morgan fingerprint density at radius 2 is 1.89 bits per heavy atom. The van der Waals surface area contributed by atoms with E-state index in [0.717, 1.165) is 45.7 Å². The van der Waals surface area contributed by atoms with Crippen LogP contribution in [0.2, 0.25) is 0 Å². The first-order chi connectivity index (χ1) is 18.4. The summed E-state index contributed by atoms with van der Waals surface area (Å²) in [6.07, 6.45) is 2.85. The maximum Gasteiger partial charge on any atom is 0.358 e. The van der Waals surface area contributed by atoms with Crippen molar-refractivity contribution in [2.75, 3.05) is 55.9 Å². The predicted molar refractivity (Wildman–Crippen MR) is 149 cm³/mol. The second-order valence-corrected chi connectivity index (χ2v) is 11.2. The van der Waals surface area contributed by atoms with Crippen molar-refractivity contribution in [3.05, 3.63) is 59.5 Å². The summed E-state index contributed by atoms with van der Waals surface area (Å²) in [4.78, 5) is 25.5. The zero-order valence-corrected chi connectivity index (χ0v) is 23.1. The van der Waals surface area contributed by atoms with E-state index in [9.17, 15) is 13.7 Å². The molecule has 5 rings (SSSR count). The van der Waals surface area contributed by atoms with Gasteiger partial charge in [-0.3, -0.25) is 4.40 Å². The van der Waals surface area contributed by atoms with Gasteiger partial charge in [0.2, 0.25) is 5.75 Å². The average molecular weight is 557 g/mol. The predicted octanol–water partition coefficient (Wildman–Crippen LogP) is 3.89. The number of aromatic nitrogens is 3. The second kappa shape index (κ2) is 11.3. The summed E-state index contributed by atoms with van der Waals surface area (Å²) >= 11 is 0.139. The number of methoxy groups -OCH3 is 1. The van der Waals surface area contributed by atoms with Gasteiger partial charge in [0.1, 0.15) is 17.3 Å². The minimum Gasteiger partial charge on any atom is -0.597 e. The number of carbonyl (C=O) groups excluding carboxylic acids is 1. The van der Waals surface area contributed by atoms with Crippen LogP contribution in [0.3, 0.4) is 0 Å². The Hall–Kier alpha value is -3.19. The summed E-state index contributed by atoms with van der Waals surface area (Å²) in [7, 11) is 3.29. The fourth-order valence-corrected chi connectivity index (χ4v) is 6.39. The minimum atomic E-state index is -1.39. The van der Waals surface area contributed by atoms with Crippen LogP contribution in [0.1, 0.15) is 12.6 Å². The largest absolute Gasteiger partial charge is 0.597 e. The van der Waals surface area contributed by atoms with Crippen molar-refractivity contribution in [1.82, 2.24) is 18.7 Å². The standard InChI is InChI=1S/C26H29FN6O3S2/c1-4-21-25(30(2)26-29-22(16-37-26)18-5-7-19(27)8-6-18)33-15-20(9-10-23(33)28-21)31-11-13-32(14-12-31)38(35)17-24(34)36-3/h5-10,15-16H,4,11-14,17H2,1-3H3. The van der Waals surface area contributed by atoms with Gasteiger partial charge in [0, 0.05) is 37.3 Å². The molecule has 3 aromatic heterocycles. The molecule has 0 spiro atoms. The highest BCUT2D eigenvalue weighted by Gasteiger charge is 2.28. The number of imidazole rings is 1. The number of rotatable bonds is 8. The highest BCUT2D eigenvalue weighted by atomic mass is 32.2. The molecule has 4 aromatic rings. The Bertz CT molecular complexity index is 1420. The van der Waals surface area contributed by atoms with Crippen molar-refractivity contribution in [3.63, 3.8) is 0 Å². The molecule has 1 aromatic carbocycles. The van der Waals surface area contributed by atoms with Crippen molar-refractivity contribution in [2.45, 2.75) is 13.3 Å². The van der Waals surface area contributed by atoms with E-state index in [1.165, 1.54) is 30.6 Å². The van der Waals surface area contributed by atoms with Crippen LogP contribution in [0.5, 0.6) is 0 Å². The molecular formula is C26H29FN6O3S2. The molecule has 0 amide bonds. The van der Waals surface area contributed by atoms with Gasteiger partial charge in [-0.25, -0.2) is 19.2 Å². The maximum absolute atomic E-state index is 13.4. The van der Waals surface area contributed by atoms with Crippen LogP contribution in [-0.2, 0) is 27.3 Å². The topological polar surface area (TPSA) is 89.3 Å². The number of fused-ring (bicyclic) bond motifs is 1. The average Bonchev–Trinajstić information content (AvgIpc) is 3.58. The Kier molecular flexibility index (Phi) is 7.84. The van der Waals surface area contributed by atoms with Crippen LogP contribution >= 0.6 is 11.3 Å². The molecule has 12 heteroatoms. The summed E-state index contributed by atoms with van der Waals surface area (Å²) in [5.41, 5.74) is 4.51. The van der Waals surface area contributed by atoms with Crippen molar-refractivity contribution in [2.24, 2.45) is 0 Å².